The molecule has 0 heteroatoms. The second-order valence-corrected chi connectivity index (χ2v) is 8.55. The van der Waals surface area contributed by atoms with Crippen molar-refractivity contribution in [2.45, 2.75) is 64.2 Å². The second kappa shape index (κ2) is 4.04. The van der Waals surface area contributed by atoms with E-state index in [2.05, 4.69) is 12.1 Å². The van der Waals surface area contributed by atoms with Gasteiger partial charge in [-0.1, -0.05) is 34.4 Å². The molecule has 0 radical (unpaired) electrons. The Morgan fingerprint density at radius 2 is 0.708 bits per heavy atom. The predicted octanol–water partition coefficient (Wildman–Crippen LogP) is 2.72. The van der Waals surface area contributed by atoms with E-state index in [-0.39, 0.29) is 0 Å². The van der Waals surface area contributed by atoms with Gasteiger partial charge in [-0.3, -0.25) is 0 Å². The van der Waals surface area contributed by atoms with E-state index in [0.29, 0.717) is 0 Å². The van der Waals surface area contributed by atoms with Crippen molar-refractivity contribution < 1.29 is 0 Å². The molecule has 0 N–H and O–H groups in total. The molecule has 118 valence electrons. The normalized spacial score (nSPS) is 22.7. The maximum Gasteiger partial charge on any atom is -0.00644 e. The molecular weight excluding hydrogens is 288 g/mol. The van der Waals surface area contributed by atoms with Crippen LogP contribution in [-0.4, -0.2) is 0 Å². The Hall–Kier alpha value is -1.82. The Labute approximate surface area is 141 Å². The number of hydrogen-bond donors (Lipinski definition) is 0. The van der Waals surface area contributed by atoms with Crippen LogP contribution in [0.4, 0.5) is 0 Å². The molecule has 0 saturated heterocycles. The number of aryl methyl sites for hydroxylation is 2. The molecule has 7 rings (SSSR count). The lowest BCUT2D eigenvalue weighted by molar-refractivity contribution is 0.828. The first-order valence-electron chi connectivity index (χ1n) is 9.95. The third-order valence-electron chi connectivity index (χ3n) is 7.62. The molecule has 0 nitrogen and oxygen atoms in total. The van der Waals surface area contributed by atoms with Gasteiger partial charge in [0.15, 0.2) is 0 Å². The van der Waals surface area contributed by atoms with Gasteiger partial charge in [0.1, 0.15) is 0 Å². The summed E-state index contributed by atoms with van der Waals surface area (Å²) >= 11 is 0. The van der Waals surface area contributed by atoms with Crippen LogP contribution in [0, 0.1) is 0 Å². The molecule has 0 heterocycles. The van der Waals surface area contributed by atoms with Gasteiger partial charge in [-0.25, -0.2) is 0 Å². The Morgan fingerprint density at radius 1 is 0.375 bits per heavy atom. The van der Waals surface area contributed by atoms with Gasteiger partial charge in [0.25, 0.3) is 0 Å². The van der Waals surface area contributed by atoms with Crippen LogP contribution in [0.5, 0.6) is 0 Å². The van der Waals surface area contributed by atoms with Gasteiger partial charge in [0, 0.05) is 0 Å². The molecule has 2 aromatic carbocycles. The van der Waals surface area contributed by atoms with E-state index in [1.165, 1.54) is 64.2 Å². The van der Waals surface area contributed by atoms with Crippen molar-refractivity contribution in [3.8, 4) is 0 Å². The van der Waals surface area contributed by atoms with Crippen molar-refractivity contribution in [1.29, 1.82) is 0 Å². The Balaban J connectivity index is 2.01. The zero-order valence-corrected chi connectivity index (χ0v) is 14.2. The maximum absolute atomic E-state index is 2.47. The van der Waals surface area contributed by atoms with Crippen LogP contribution >= 0.6 is 0 Å². The van der Waals surface area contributed by atoms with Gasteiger partial charge < -0.3 is 0 Å². The zero-order chi connectivity index (χ0) is 15.4. The third kappa shape index (κ3) is 1.28. The summed E-state index contributed by atoms with van der Waals surface area (Å²) in [6, 6.07) is 4.94. The first kappa shape index (κ1) is 12.5. The van der Waals surface area contributed by atoms with E-state index in [1.807, 2.05) is 0 Å². The van der Waals surface area contributed by atoms with Crippen LogP contribution in [0.2, 0.25) is 0 Å². The molecular formula is C24H22. The van der Waals surface area contributed by atoms with Crippen molar-refractivity contribution >= 4 is 33.1 Å². The summed E-state index contributed by atoms with van der Waals surface area (Å²) in [6.45, 7) is 0. The highest BCUT2D eigenvalue weighted by molar-refractivity contribution is 5.96. The molecule has 0 aliphatic heterocycles. The smallest absolute Gasteiger partial charge is 0.00644 e. The SMILES string of the molecule is c1cc2c3c4c5c6c7c3c1CCC=7CCC=6CCC=5CCC=4CC2. The number of benzene rings is 2. The van der Waals surface area contributed by atoms with Gasteiger partial charge in [0.05, 0.1) is 0 Å². The molecule has 5 aliphatic carbocycles. The van der Waals surface area contributed by atoms with Crippen molar-refractivity contribution in [3.05, 3.63) is 44.1 Å². The Morgan fingerprint density at radius 3 is 1.12 bits per heavy atom. The topological polar surface area (TPSA) is 0 Å². The van der Waals surface area contributed by atoms with Gasteiger partial charge in [-0.05, 0) is 107 Å². The van der Waals surface area contributed by atoms with Gasteiger partial charge in [-0.15, -0.1) is 0 Å². The van der Waals surface area contributed by atoms with E-state index in [9.17, 15) is 0 Å². The van der Waals surface area contributed by atoms with E-state index in [0.717, 1.165) is 0 Å². The molecule has 0 unspecified atom stereocenters. The first-order chi connectivity index (χ1) is 11.9. The largest absolute Gasteiger partial charge is 0.0611 e. The maximum atomic E-state index is 2.47. The van der Waals surface area contributed by atoms with Crippen molar-refractivity contribution in [2.24, 2.45) is 0 Å². The third-order valence-corrected chi connectivity index (χ3v) is 7.62. The van der Waals surface area contributed by atoms with Crippen molar-refractivity contribution in [3.63, 3.8) is 0 Å². The Kier molecular flexibility index (Phi) is 2.11. The summed E-state index contributed by atoms with van der Waals surface area (Å²) in [5.41, 5.74) is 10.5. The van der Waals surface area contributed by atoms with E-state index in [4.69, 9.17) is 0 Å². The van der Waals surface area contributed by atoms with Crippen LogP contribution in [0.25, 0.3) is 33.1 Å². The summed E-state index contributed by atoms with van der Waals surface area (Å²) in [5.74, 6) is 0. The monoisotopic (exact) mass is 310 g/mol. The molecule has 0 saturated carbocycles. The highest BCUT2D eigenvalue weighted by Gasteiger charge is 2.28. The standard InChI is InChI=1S/C24H22/c1-2-14-5-6-16-9-11-18-12-10-17-8-7-15-4-3-13(1)19-20(14)22(16)24(18)23(17)21(15)19/h1-2H,3-12H2. The van der Waals surface area contributed by atoms with Gasteiger partial charge >= 0.3 is 0 Å². The molecule has 5 aliphatic rings. The first-order valence-corrected chi connectivity index (χ1v) is 9.95. The predicted molar refractivity (Wildman–Crippen MR) is 100 cm³/mol. The lowest BCUT2D eigenvalue weighted by Crippen LogP contribution is -2.57. The summed E-state index contributed by atoms with van der Waals surface area (Å²) < 4.78 is 0. The van der Waals surface area contributed by atoms with Crippen molar-refractivity contribution in [2.75, 3.05) is 0 Å². The summed E-state index contributed by atoms with van der Waals surface area (Å²) in [6.07, 6.45) is 13.2. The zero-order valence-electron chi connectivity index (χ0n) is 14.2. The molecule has 24 heavy (non-hydrogen) atoms. The minimum Gasteiger partial charge on any atom is -0.0611 e. The highest BCUT2D eigenvalue weighted by atomic mass is 14.3. The lowest BCUT2D eigenvalue weighted by Gasteiger charge is -2.32. The minimum atomic E-state index is 1.28. The van der Waals surface area contributed by atoms with E-state index in [1.54, 1.807) is 65.1 Å². The van der Waals surface area contributed by atoms with E-state index < -0.39 is 0 Å². The highest BCUT2D eigenvalue weighted by Crippen LogP contribution is 2.35. The minimum absolute atomic E-state index is 1.28. The molecule has 0 spiro atoms. The fourth-order valence-corrected chi connectivity index (χ4v) is 6.57. The van der Waals surface area contributed by atoms with Crippen LogP contribution in [0.1, 0.15) is 62.5 Å². The fraction of sp³-hybridized carbons (Fsp3) is 0.417. The molecule has 0 bridgehead atoms. The fourth-order valence-electron chi connectivity index (χ4n) is 6.57. The van der Waals surface area contributed by atoms with Crippen LogP contribution in [0.3, 0.4) is 0 Å². The van der Waals surface area contributed by atoms with Crippen molar-refractivity contribution in [1.82, 2.24) is 0 Å². The Bertz CT molecular complexity index is 1140. The quantitative estimate of drug-likeness (QED) is 0.702. The second-order valence-electron chi connectivity index (χ2n) is 8.55. The van der Waals surface area contributed by atoms with Crippen LogP contribution in [0.15, 0.2) is 12.1 Å². The average molecular weight is 310 g/mol. The molecule has 0 atom stereocenters. The molecule has 0 aromatic heterocycles. The van der Waals surface area contributed by atoms with Gasteiger partial charge in [0.2, 0.25) is 0 Å². The summed E-state index contributed by atoms with van der Waals surface area (Å²) in [5, 5.41) is 10.3. The summed E-state index contributed by atoms with van der Waals surface area (Å²) in [4.78, 5) is 0. The van der Waals surface area contributed by atoms with Gasteiger partial charge in [-0.2, -0.15) is 0 Å². The van der Waals surface area contributed by atoms with Crippen LogP contribution in [-0.2, 0) is 12.8 Å². The molecule has 2 aromatic rings. The van der Waals surface area contributed by atoms with E-state index >= 15 is 0 Å². The number of hydrogen-bond acceptors (Lipinski definition) is 0. The average Bonchev–Trinajstić information content (AvgIpc) is 2.65. The number of rotatable bonds is 0. The van der Waals surface area contributed by atoms with Crippen LogP contribution < -0.4 is 20.9 Å². The molecule has 0 amide bonds. The molecule has 0 fully saturated rings. The lowest BCUT2D eigenvalue weighted by atomic mass is 9.72. The summed E-state index contributed by atoms with van der Waals surface area (Å²) in [7, 11) is 0.